The minimum atomic E-state index is -0.368. The van der Waals surface area contributed by atoms with E-state index in [-0.39, 0.29) is 18.7 Å². The number of hydrogen-bond donors (Lipinski definition) is 3. The number of carbonyl (C=O) groups excluding carboxylic acids is 1. The van der Waals surface area contributed by atoms with Crippen LogP contribution in [0.1, 0.15) is 12.8 Å². The van der Waals surface area contributed by atoms with Crippen molar-refractivity contribution in [1.82, 2.24) is 10.3 Å². The Hall–Kier alpha value is -2.08. The SMILES string of the molecule is Cc1nc2ccc(NC(=O)NC(C)CO)cc2o1. The Morgan fingerprint density at radius 1 is 1.56 bits per heavy atom. The largest absolute Gasteiger partial charge is 0.441 e. The molecule has 0 bridgehead atoms. The van der Waals surface area contributed by atoms with Crippen LogP contribution in [0, 0.1) is 6.92 Å². The first-order valence-corrected chi connectivity index (χ1v) is 5.64. The van der Waals surface area contributed by atoms with Gasteiger partial charge >= 0.3 is 6.03 Å². The summed E-state index contributed by atoms with van der Waals surface area (Å²) in [5.41, 5.74) is 1.99. The number of nitrogens with zero attached hydrogens (tertiary/aromatic N) is 1. The molecule has 1 atom stereocenters. The van der Waals surface area contributed by atoms with E-state index in [0.717, 1.165) is 5.52 Å². The van der Waals surface area contributed by atoms with E-state index in [1.54, 1.807) is 32.0 Å². The van der Waals surface area contributed by atoms with Gasteiger partial charge in [0.15, 0.2) is 11.5 Å². The average Bonchev–Trinajstić information content (AvgIpc) is 2.68. The second-order valence-corrected chi connectivity index (χ2v) is 4.10. The maximum Gasteiger partial charge on any atom is 0.319 e. The normalized spacial score (nSPS) is 12.4. The molecule has 1 unspecified atom stereocenters. The van der Waals surface area contributed by atoms with Crippen molar-refractivity contribution < 1.29 is 14.3 Å². The molecule has 0 aliphatic rings. The summed E-state index contributed by atoms with van der Waals surface area (Å²) in [5.74, 6) is 0.584. The molecule has 0 aliphatic heterocycles. The van der Waals surface area contributed by atoms with E-state index in [0.29, 0.717) is 17.2 Å². The third-order valence-corrected chi connectivity index (χ3v) is 2.40. The van der Waals surface area contributed by atoms with Gasteiger partial charge in [-0.05, 0) is 19.1 Å². The molecule has 18 heavy (non-hydrogen) atoms. The zero-order valence-electron chi connectivity index (χ0n) is 10.2. The molecule has 0 saturated carbocycles. The van der Waals surface area contributed by atoms with Gasteiger partial charge in [-0.25, -0.2) is 9.78 Å². The number of aromatic nitrogens is 1. The zero-order valence-corrected chi connectivity index (χ0v) is 10.2. The summed E-state index contributed by atoms with van der Waals surface area (Å²) in [6.07, 6.45) is 0. The Bertz CT molecular complexity index is 565. The monoisotopic (exact) mass is 249 g/mol. The highest BCUT2D eigenvalue weighted by atomic mass is 16.3. The highest BCUT2D eigenvalue weighted by Crippen LogP contribution is 2.19. The molecule has 3 N–H and O–H groups in total. The number of oxazole rings is 1. The van der Waals surface area contributed by atoms with Crippen molar-refractivity contribution in [3.8, 4) is 0 Å². The van der Waals surface area contributed by atoms with Crippen molar-refractivity contribution in [3.63, 3.8) is 0 Å². The van der Waals surface area contributed by atoms with E-state index in [4.69, 9.17) is 9.52 Å². The van der Waals surface area contributed by atoms with Gasteiger partial charge in [-0.15, -0.1) is 0 Å². The number of amides is 2. The van der Waals surface area contributed by atoms with E-state index < -0.39 is 0 Å². The van der Waals surface area contributed by atoms with E-state index in [2.05, 4.69) is 15.6 Å². The van der Waals surface area contributed by atoms with Crippen LogP contribution in [0.2, 0.25) is 0 Å². The van der Waals surface area contributed by atoms with E-state index in [9.17, 15) is 4.79 Å². The molecule has 6 nitrogen and oxygen atoms in total. The number of aliphatic hydroxyl groups excluding tert-OH is 1. The number of fused-ring (bicyclic) bond motifs is 1. The summed E-state index contributed by atoms with van der Waals surface area (Å²) in [5, 5.41) is 14.1. The van der Waals surface area contributed by atoms with Crippen molar-refractivity contribution >= 4 is 22.8 Å². The van der Waals surface area contributed by atoms with Crippen molar-refractivity contribution in [2.75, 3.05) is 11.9 Å². The van der Waals surface area contributed by atoms with Gasteiger partial charge in [0.2, 0.25) is 0 Å². The molecule has 0 radical (unpaired) electrons. The van der Waals surface area contributed by atoms with E-state index >= 15 is 0 Å². The first kappa shape index (κ1) is 12.4. The van der Waals surface area contributed by atoms with Crippen LogP contribution in [0.3, 0.4) is 0 Å². The summed E-state index contributed by atoms with van der Waals surface area (Å²) >= 11 is 0. The Labute approximate surface area is 104 Å². The third kappa shape index (κ3) is 2.78. The molecule has 96 valence electrons. The molecular weight excluding hydrogens is 234 g/mol. The molecule has 0 fully saturated rings. The molecule has 0 spiro atoms. The number of hydrogen-bond acceptors (Lipinski definition) is 4. The quantitative estimate of drug-likeness (QED) is 0.771. The molecule has 1 heterocycles. The van der Waals surface area contributed by atoms with Crippen LogP contribution in [0.4, 0.5) is 10.5 Å². The molecule has 0 saturated heterocycles. The Morgan fingerprint density at radius 3 is 3.06 bits per heavy atom. The van der Waals surface area contributed by atoms with E-state index in [1.165, 1.54) is 0 Å². The van der Waals surface area contributed by atoms with Crippen LogP contribution in [0.25, 0.3) is 11.1 Å². The molecule has 1 aromatic carbocycles. The third-order valence-electron chi connectivity index (χ3n) is 2.40. The van der Waals surface area contributed by atoms with Crippen LogP contribution in [0.5, 0.6) is 0 Å². The minimum absolute atomic E-state index is 0.103. The lowest BCUT2D eigenvalue weighted by Gasteiger charge is -2.11. The van der Waals surface area contributed by atoms with Gasteiger partial charge in [-0.1, -0.05) is 0 Å². The number of rotatable bonds is 3. The fraction of sp³-hybridized carbons (Fsp3) is 0.333. The Kier molecular flexibility index (Phi) is 3.47. The first-order chi connectivity index (χ1) is 8.58. The minimum Gasteiger partial charge on any atom is -0.441 e. The number of nitrogens with one attached hydrogen (secondary N) is 2. The lowest BCUT2D eigenvalue weighted by atomic mass is 10.3. The average molecular weight is 249 g/mol. The smallest absolute Gasteiger partial charge is 0.319 e. The van der Waals surface area contributed by atoms with Crippen LogP contribution >= 0.6 is 0 Å². The standard InChI is InChI=1S/C12H15N3O3/c1-7(6-16)13-12(17)15-9-3-4-10-11(5-9)18-8(2)14-10/h3-5,7,16H,6H2,1-2H3,(H2,13,15,17). The van der Waals surface area contributed by atoms with Crippen LogP contribution in [-0.2, 0) is 0 Å². The second-order valence-electron chi connectivity index (χ2n) is 4.10. The van der Waals surface area contributed by atoms with Crippen molar-refractivity contribution in [3.05, 3.63) is 24.1 Å². The van der Waals surface area contributed by atoms with Gasteiger partial charge < -0.3 is 20.2 Å². The predicted molar refractivity (Wildman–Crippen MR) is 67.4 cm³/mol. The van der Waals surface area contributed by atoms with Gasteiger partial charge in [-0.3, -0.25) is 0 Å². The number of benzene rings is 1. The lowest BCUT2D eigenvalue weighted by molar-refractivity contribution is 0.229. The predicted octanol–water partition coefficient (Wildman–Crippen LogP) is 1.64. The number of anilines is 1. The topological polar surface area (TPSA) is 87.4 Å². The summed E-state index contributed by atoms with van der Waals surface area (Å²) in [6, 6.07) is 4.57. The fourth-order valence-electron chi connectivity index (χ4n) is 1.55. The summed E-state index contributed by atoms with van der Waals surface area (Å²) in [6.45, 7) is 3.37. The van der Waals surface area contributed by atoms with Gasteiger partial charge in [0, 0.05) is 18.7 Å². The molecule has 2 aromatic rings. The zero-order chi connectivity index (χ0) is 13.1. The highest BCUT2D eigenvalue weighted by molar-refractivity contribution is 5.91. The Balaban J connectivity index is 2.09. The second kappa shape index (κ2) is 5.05. The van der Waals surface area contributed by atoms with Crippen molar-refractivity contribution in [1.29, 1.82) is 0 Å². The lowest BCUT2D eigenvalue weighted by Crippen LogP contribution is -2.38. The summed E-state index contributed by atoms with van der Waals surface area (Å²) < 4.78 is 5.37. The first-order valence-electron chi connectivity index (χ1n) is 5.64. The molecule has 2 amide bonds. The number of aryl methyl sites for hydroxylation is 1. The van der Waals surface area contributed by atoms with Crippen molar-refractivity contribution in [2.24, 2.45) is 0 Å². The molecule has 1 aromatic heterocycles. The molecular formula is C12H15N3O3. The van der Waals surface area contributed by atoms with Crippen LogP contribution in [-0.4, -0.2) is 28.8 Å². The maximum atomic E-state index is 11.5. The van der Waals surface area contributed by atoms with Gasteiger partial charge in [0.25, 0.3) is 0 Å². The fourth-order valence-corrected chi connectivity index (χ4v) is 1.55. The Morgan fingerprint density at radius 2 is 2.33 bits per heavy atom. The maximum absolute atomic E-state index is 11.5. The number of carbonyl (C=O) groups is 1. The van der Waals surface area contributed by atoms with E-state index in [1.807, 2.05) is 0 Å². The molecule has 6 heteroatoms. The van der Waals surface area contributed by atoms with Crippen LogP contribution < -0.4 is 10.6 Å². The van der Waals surface area contributed by atoms with Gasteiger partial charge in [0.1, 0.15) is 5.52 Å². The molecule has 0 aliphatic carbocycles. The number of urea groups is 1. The van der Waals surface area contributed by atoms with Gasteiger partial charge in [0.05, 0.1) is 12.6 Å². The highest BCUT2D eigenvalue weighted by Gasteiger charge is 2.08. The summed E-state index contributed by atoms with van der Waals surface area (Å²) in [4.78, 5) is 15.7. The van der Waals surface area contributed by atoms with Crippen LogP contribution in [0.15, 0.2) is 22.6 Å². The van der Waals surface area contributed by atoms with Gasteiger partial charge in [-0.2, -0.15) is 0 Å². The number of aliphatic hydroxyl groups is 1. The summed E-state index contributed by atoms with van der Waals surface area (Å²) in [7, 11) is 0. The van der Waals surface area contributed by atoms with Crippen molar-refractivity contribution in [2.45, 2.75) is 19.9 Å². The molecule has 2 rings (SSSR count).